The summed E-state index contributed by atoms with van der Waals surface area (Å²) in [4.78, 5) is 22.9. The summed E-state index contributed by atoms with van der Waals surface area (Å²) in [5.41, 5.74) is -0.583. The van der Waals surface area contributed by atoms with Crippen LogP contribution in [0.1, 0.15) is 34.1 Å². The zero-order chi connectivity index (χ0) is 12.9. The maximum absolute atomic E-state index is 11.5. The molecule has 0 aliphatic rings. The number of hydrogen-bond acceptors (Lipinski definition) is 4. The minimum absolute atomic E-state index is 0.353. The topological polar surface area (TPSA) is 84.7 Å². The third-order valence-corrected chi connectivity index (χ3v) is 1.74. The van der Waals surface area contributed by atoms with Crippen molar-refractivity contribution in [2.45, 2.75) is 45.8 Å². The van der Waals surface area contributed by atoms with Crippen molar-refractivity contribution in [1.29, 1.82) is 0 Å². The number of carbonyl (C=O) groups excluding carboxylic acids is 2. The molecular formula is C10H21N3O3. The van der Waals surface area contributed by atoms with Gasteiger partial charge in [-0.25, -0.2) is 10.6 Å². The number of nitrogens with two attached hydrogens (primary N) is 1. The minimum Gasteiger partial charge on any atom is -0.444 e. The Labute approximate surface area is 96.1 Å². The van der Waals surface area contributed by atoms with Crippen molar-refractivity contribution in [3.05, 3.63) is 0 Å². The van der Waals surface area contributed by atoms with Gasteiger partial charge in [0.25, 0.3) is 5.91 Å². The van der Waals surface area contributed by atoms with E-state index in [1.54, 1.807) is 27.7 Å². The summed E-state index contributed by atoms with van der Waals surface area (Å²) < 4.78 is 5.04. The van der Waals surface area contributed by atoms with E-state index in [0.717, 1.165) is 5.01 Å². The average molecular weight is 231 g/mol. The molecule has 6 heteroatoms. The number of ether oxygens (including phenoxy) is 1. The summed E-state index contributed by atoms with van der Waals surface area (Å²) in [6.45, 7) is 7.04. The van der Waals surface area contributed by atoms with Crippen molar-refractivity contribution < 1.29 is 14.3 Å². The van der Waals surface area contributed by atoms with Gasteiger partial charge in [0, 0.05) is 7.05 Å². The first kappa shape index (κ1) is 14.7. The molecule has 0 heterocycles. The lowest BCUT2D eigenvalue weighted by Crippen LogP contribution is -2.50. The fourth-order valence-electron chi connectivity index (χ4n) is 1.03. The van der Waals surface area contributed by atoms with Gasteiger partial charge in [-0.15, -0.1) is 0 Å². The van der Waals surface area contributed by atoms with Gasteiger partial charge in [0.2, 0.25) is 0 Å². The van der Waals surface area contributed by atoms with Crippen molar-refractivity contribution in [3.63, 3.8) is 0 Å². The first-order valence-electron chi connectivity index (χ1n) is 5.19. The Balaban J connectivity index is 4.34. The largest absolute Gasteiger partial charge is 0.444 e. The Hall–Kier alpha value is -1.30. The Bertz CT molecular complexity index is 259. The van der Waals surface area contributed by atoms with E-state index in [9.17, 15) is 9.59 Å². The molecule has 0 fully saturated rings. The molecule has 94 valence electrons. The Morgan fingerprint density at radius 3 is 2.25 bits per heavy atom. The monoisotopic (exact) mass is 231 g/mol. The molecule has 0 saturated heterocycles. The number of rotatable bonds is 3. The zero-order valence-corrected chi connectivity index (χ0v) is 10.5. The Kier molecular flexibility index (Phi) is 5.23. The van der Waals surface area contributed by atoms with Crippen molar-refractivity contribution in [3.8, 4) is 0 Å². The molecule has 3 N–H and O–H groups in total. The number of amides is 2. The number of hydrogen-bond donors (Lipinski definition) is 2. The fraction of sp³-hybridized carbons (Fsp3) is 0.800. The highest BCUT2D eigenvalue weighted by Crippen LogP contribution is 2.07. The zero-order valence-electron chi connectivity index (χ0n) is 10.5. The van der Waals surface area contributed by atoms with Gasteiger partial charge in [-0.05, 0) is 27.2 Å². The van der Waals surface area contributed by atoms with Crippen molar-refractivity contribution >= 4 is 12.0 Å². The van der Waals surface area contributed by atoms with Crippen molar-refractivity contribution in [2.75, 3.05) is 7.05 Å². The van der Waals surface area contributed by atoms with E-state index in [2.05, 4.69) is 5.32 Å². The molecule has 16 heavy (non-hydrogen) atoms. The second-order valence-electron chi connectivity index (χ2n) is 4.56. The molecule has 0 radical (unpaired) electrons. The van der Waals surface area contributed by atoms with Crippen LogP contribution in [-0.2, 0) is 9.53 Å². The van der Waals surface area contributed by atoms with Crippen LogP contribution in [0, 0.1) is 0 Å². The van der Waals surface area contributed by atoms with Crippen LogP contribution in [-0.4, -0.2) is 35.7 Å². The van der Waals surface area contributed by atoms with Crippen LogP contribution in [0.5, 0.6) is 0 Å². The van der Waals surface area contributed by atoms with Crippen molar-refractivity contribution in [2.24, 2.45) is 5.84 Å². The summed E-state index contributed by atoms with van der Waals surface area (Å²) in [6, 6.07) is -0.648. The third-order valence-electron chi connectivity index (χ3n) is 1.74. The molecular weight excluding hydrogens is 210 g/mol. The van der Waals surface area contributed by atoms with E-state index >= 15 is 0 Å². The Morgan fingerprint density at radius 1 is 1.44 bits per heavy atom. The Morgan fingerprint density at radius 2 is 1.94 bits per heavy atom. The number of carbonyl (C=O) groups is 2. The lowest BCUT2D eigenvalue weighted by molar-refractivity contribution is -0.132. The molecule has 0 aromatic rings. The normalized spacial score (nSPS) is 12.9. The van der Waals surface area contributed by atoms with E-state index in [4.69, 9.17) is 10.6 Å². The lowest BCUT2D eigenvalue weighted by atomic mass is 10.2. The van der Waals surface area contributed by atoms with E-state index in [1.807, 2.05) is 0 Å². The number of alkyl carbamates (subject to hydrolysis) is 1. The molecule has 0 spiro atoms. The minimum atomic E-state index is -0.648. The molecule has 0 aliphatic carbocycles. The van der Waals surface area contributed by atoms with Crippen LogP contribution in [0.4, 0.5) is 4.79 Å². The number of hydrazine groups is 1. The van der Waals surface area contributed by atoms with Crippen LogP contribution in [0.2, 0.25) is 0 Å². The second-order valence-corrected chi connectivity index (χ2v) is 4.56. The van der Waals surface area contributed by atoms with E-state index in [-0.39, 0.29) is 5.91 Å². The van der Waals surface area contributed by atoms with Gasteiger partial charge in [-0.3, -0.25) is 9.80 Å². The van der Waals surface area contributed by atoms with Crippen LogP contribution in [0.25, 0.3) is 0 Å². The standard InChI is InChI=1S/C10H21N3O3/c1-6-7(8(14)13(5)11)12-9(15)16-10(2,3)4/h7H,6,11H2,1-5H3,(H,12,15). The van der Waals surface area contributed by atoms with Crippen LogP contribution in [0.3, 0.4) is 0 Å². The predicted octanol–water partition coefficient (Wildman–Crippen LogP) is 0.622. The van der Waals surface area contributed by atoms with Crippen molar-refractivity contribution in [1.82, 2.24) is 10.3 Å². The quantitative estimate of drug-likeness (QED) is 0.423. The SMILES string of the molecule is CCC(NC(=O)OC(C)(C)C)C(=O)N(C)N. The van der Waals surface area contributed by atoms with E-state index in [0.29, 0.717) is 6.42 Å². The van der Waals surface area contributed by atoms with Gasteiger partial charge >= 0.3 is 6.09 Å². The number of likely N-dealkylation sites (N-methyl/N-ethyl adjacent to an activating group) is 1. The van der Waals surface area contributed by atoms with Crippen LogP contribution < -0.4 is 11.2 Å². The molecule has 0 aliphatic heterocycles. The summed E-state index contributed by atoms with van der Waals surface area (Å²) in [6.07, 6.45) is -0.158. The van der Waals surface area contributed by atoms with Crippen LogP contribution >= 0.6 is 0 Å². The van der Waals surface area contributed by atoms with E-state index in [1.165, 1.54) is 7.05 Å². The van der Waals surface area contributed by atoms with E-state index < -0.39 is 17.7 Å². The molecule has 0 aromatic carbocycles. The lowest BCUT2D eigenvalue weighted by Gasteiger charge is -2.23. The van der Waals surface area contributed by atoms with Crippen LogP contribution in [0.15, 0.2) is 0 Å². The van der Waals surface area contributed by atoms with Gasteiger partial charge in [0.1, 0.15) is 11.6 Å². The maximum atomic E-state index is 11.5. The van der Waals surface area contributed by atoms with Gasteiger partial charge in [0.05, 0.1) is 0 Å². The molecule has 1 atom stereocenters. The molecule has 0 saturated carbocycles. The molecule has 0 aromatic heterocycles. The number of nitrogens with one attached hydrogen (secondary N) is 1. The molecule has 1 unspecified atom stereocenters. The molecule has 0 rings (SSSR count). The van der Waals surface area contributed by atoms with Gasteiger partial charge in [-0.1, -0.05) is 6.92 Å². The first-order chi connectivity index (χ1) is 7.17. The summed E-state index contributed by atoms with van der Waals surface area (Å²) in [5.74, 6) is 4.95. The number of nitrogens with zero attached hydrogens (tertiary/aromatic N) is 1. The summed E-state index contributed by atoms with van der Waals surface area (Å²) in [7, 11) is 1.43. The summed E-state index contributed by atoms with van der Waals surface area (Å²) >= 11 is 0. The van der Waals surface area contributed by atoms with Gasteiger partial charge < -0.3 is 10.1 Å². The highest BCUT2D eigenvalue weighted by molar-refractivity contribution is 5.85. The average Bonchev–Trinajstić information content (AvgIpc) is 2.09. The van der Waals surface area contributed by atoms with Gasteiger partial charge in [-0.2, -0.15) is 0 Å². The highest BCUT2D eigenvalue weighted by atomic mass is 16.6. The third kappa shape index (κ3) is 5.55. The summed E-state index contributed by atoms with van der Waals surface area (Å²) in [5, 5.41) is 3.42. The molecule has 0 bridgehead atoms. The highest BCUT2D eigenvalue weighted by Gasteiger charge is 2.24. The van der Waals surface area contributed by atoms with Gasteiger partial charge in [0.15, 0.2) is 0 Å². The smallest absolute Gasteiger partial charge is 0.408 e. The second kappa shape index (κ2) is 5.69. The molecule has 6 nitrogen and oxygen atoms in total. The fourth-order valence-corrected chi connectivity index (χ4v) is 1.03. The maximum Gasteiger partial charge on any atom is 0.408 e. The first-order valence-corrected chi connectivity index (χ1v) is 5.19. The molecule has 2 amide bonds. The predicted molar refractivity (Wildman–Crippen MR) is 60.4 cm³/mol.